The molecule has 2 N–H and O–H groups in total. The maximum atomic E-state index is 11.5. The number of nitrogens with one attached hydrogen (secondary N) is 2. The molecular weight excluding hydrogens is 200 g/mol. The lowest BCUT2D eigenvalue weighted by molar-refractivity contribution is 0.0966. The van der Waals surface area contributed by atoms with Gasteiger partial charge in [0.25, 0.3) is 5.91 Å². The molecule has 16 heavy (non-hydrogen) atoms. The van der Waals surface area contributed by atoms with Gasteiger partial charge in [-0.3, -0.25) is 4.79 Å². The third-order valence-corrected chi connectivity index (χ3v) is 3.19. The summed E-state index contributed by atoms with van der Waals surface area (Å²) in [5.41, 5.74) is 2.92. The van der Waals surface area contributed by atoms with Gasteiger partial charge in [0.1, 0.15) is 0 Å². The van der Waals surface area contributed by atoms with E-state index in [4.69, 9.17) is 0 Å². The third-order valence-electron chi connectivity index (χ3n) is 3.19. The summed E-state index contributed by atoms with van der Waals surface area (Å²) in [6.07, 6.45) is 0. The van der Waals surface area contributed by atoms with E-state index in [2.05, 4.69) is 31.4 Å². The summed E-state index contributed by atoms with van der Waals surface area (Å²) < 4.78 is 0. The molecule has 2 rings (SSSR count). The molecule has 0 bridgehead atoms. The van der Waals surface area contributed by atoms with Gasteiger partial charge in [0.2, 0.25) is 0 Å². The van der Waals surface area contributed by atoms with Crippen molar-refractivity contribution >= 4 is 11.6 Å². The average Bonchev–Trinajstić information content (AvgIpc) is 2.60. The van der Waals surface area contributed by atoms with Crippen LogP contribution in [0.2, 0.25) is 0 Å². The topological polar surface area (TPSA) is 41.1 Å². The van der Waals surface area contributed by atoms with Crippen LogP contribution >= 0.6 is 0 Å². The Hall–Kier alpha value is -1.51. The summed E-state index contributed by atoms with van der Waals surface area (Å²) in [7, 11) is 0. The zero-order valence-corrected chi connectivity index (χ0v) is 10.0. The summed E-state index contributed by atoms with van der Waals surface area (Å²) in [5, 5.41) is 6.23. The van der Waals surface area contributed by atoms with Crippen molar-refractivity contribution in [2.75, 3.05) is 5.32 Å². The second kappa shape index (κ2) is 4.16. The second-order valence-electron chi connectivity index (χ2n) is 4.73. The number of carbonyl (C=O) groups excluding carboxylic acids is 1. The van der Waals surface area contributed by atoms with Gasteiger partial charge < -0.3 is 10.6 Å². The van der Waals surface area contributed by atoms with Crippen LogP contribution in [0.5, 0.6) is 0 Å². The predicted molar refractivity (Wildman–Crippen MR) is 65.5 cm³/mol. The summed E-state index contributed by atoms with van der Waals surface area (Å²) in [6, 6.07) is 6.40. The van der Waals surface area contributed by atoms with E-state index in [-0.39, 0.29) is 5.91 Å². The zero-order valence-electron chi connectivity index (χ0n) is 10.0. The Labute approximate surface area is 96.2 Å². The van der Waals surface area contributed by atoms with Crippen molar-refractivity contribution in [3.63, 3.8) is 0 Å². The Balaban J connectivity index is 2.18. The molecule has 0 aliphatic carbocycles. The highest BCUT2D eigenvalue weighted by atomic mass is 16.1. The summed E-state index contributed by atoms with van der Waals surface area (Å²) >= 11 is 0. The van der Waals surface area contributed by atoms with Crippen LogP contribution in [0.3, 0.4) is 0 Å². The fraction of sp³-hybridized carbons (Fsp3) is 0.462. The Kier molecular flexibility index (Phi) is 2.86. The molecule has 1 unspecified atom stereocenters. The van der Waals surface area contributed by atoms with Gasteiger partial charge in [-0.05, 0) is 30.5 Å². The van der Waals surface area contributed by atoms with Gasteiger partial charge in [0.15, 0.2) is 0 Å². The number of rotatable bonds is 3. The van der Waals surface area contributed by atoms with Crippen LogP contribution in [0, 0.1) is 5.92 Å². The van der Waals surface area contributed by atoms with Crippen molar-refractivity contribution in [2.24, 2.45) is 5.92 Å². The lowest BCUT2D eigenvalue weighted by Crippen LogP contribution is -2.21. The first-order valence-electron chi connectivity index (χ1n) is 5.75. The molecular formula is C13H18N2O. The Morgan fingerprint density at radius 3 is 2.75 bits per heavy atom. The van der Waals surface area contributed by atoms with E-state index in [0.29, 0.717) is 18.5 Å². The molecule has 0 radical (unpaired) electrons. The first-order chi connectivity index (χ1) is 7.58. The van der Waals surface area contributed by atoms with Gasteiger partial charge in [0, 0.05) is 23.8 Å². The number of hydrogen-bond acceptors (Lipinski definition) is 2. The molecule has 3 heteroatoms. The monoisotopic (exact) mass is 218 g/mol. The van der Waals surface area contributed by atoms with Gasteiger partial charge >= 0.3 is 0 Å². The highest BCUT2D eigenvalue weighted by Gasteiger charge is 2.19. The van der Waals surface area contributed by atoms with E-state index in [0.717, 1.165) is 16.8 Å². The van der Waals surface area contributed by atoms with Gasteiger partial charge in [0.05, 0.1) is 0 Å². The van der Waals surface area contributed by atoms with Gasteiger partial charge in [-0.2, -0.15) is 0 Å². The van der Waals surface area contributed by atoms with Crippen molar-refractivity contribution in [3.8, 4) is 0 Å². The molecule has 0 saturated carbocycles. The largest absolute Gasteiger partial charge is 0.382 e. The molecule has 1 amide bonds. The smallest absolute Gasteiger partial charge is 0.251 e. The van der Waals surface area contributed by atoms with E-state index in [1.807, 2.05) is 18.2 Å². The predicted octanol–water partition coefficient (Wildman–Crippen LogP) is 2.39. The summed E-state index contributed by atoms with van der Waals surface area (Å²) in [6.45, 7) is 7.17. The van der Waals surface area contributed by atoms with Crippen molar-refractivity contribution < 1.29 is 4.79 Å². The van der Waals surface area contributed by atoms with E-state index >= 15 is 0 Å². The Morgan fingerprint density at radius 2 is 2.06 bits per heavy atom. The fourth-order valence-electron chi connectivity index (χ4n) is 1.73. The first kappa shape index (κ1) is 11.0. The lowest BCUT2D eigenvalue weighted by atomic mass is 10.0. The minimum absolute atomic E-state index is 0.0378. The minimum Gasteiger partial charge on any atom is -0.382 e. The molecule has 0 spiro atoms. The minimum atomic E-state index is 0.0378. The highest BCUT2D eigenvalue weighted by Crippen LogP contribution is 2.21. The van der Waals surface area contributed by atoms with Gasteiger partial charge in [-0.15, -0.1) is 0 Å². The zero-order chi connectivity index (χ0) is 11.7. The van der Waals surface area contributed by atoms with Crippen LogP contribution in [-0.4, -0.2) is 11.9 Å². The number of hydrogen-bond donors (Lipinski definition) is 2. The van der Waals surface area contributed by atoms with E-state index in [1.165, 1.54) is 0 Å². The van der Waals surface area contributed by atoms with Crippen LogP contribution in [0.25, 0.3) is 0 Å². The normalized spacial score (nSPS) is 15.9. The summed E-state index contributed by atoms with van der Waals surface area (Å²) in [4.78, 5) is 11.5. The molecule has 0 aromatic heterocycles. The number of carbonyl (C=O) groups is 1. The third kappa shape index (κ3) is 2.03. The SMILES string of the molecule is CC(C)C(C)Nc1ccc2c(c1)C(=O)NC2. The van der Waals surface area contributed by atoms with Crippen LogP contribution in [0.1, 0.15) is 36.7 Å². The number of benzene rings is 1. The maximum absolute atomic E-state index is 11.5. The molecule has 0 saturated heterocycles. The maximum Gasteiger partial charge on any atom is 0.251 e. The molecule has 1 heterocycles. The van der Waals surface area contributed by atoms with Crippen molar-refractivity contribution in [1.29, 1.82) is 0 Å². The molecule has 1 atom stereocenters. The first-order valence-corrected chi connectivity index (χ1v) is 5.75. The number of anilines is 1. The second-order valence-corrected chi connectivity index (χ2v) is 4.73. The molecule has 0 fully saturated rings. The quantitative estimate of drug-likeness (QED) is 0.818. The van der Waals surface area contributed by atoms with E-state index < -0.39 is 0 Å². The molecule has 1 aliphatic heterocycles. The fourth-order valence-corrected chi connectivity index (χ4v) is 1.73. The average molecular weight is 218 g/mol. The van der Waals surface area contributed by atoms with Crippen molar-refractivity contribution in [1.82, 2.24) is 5.32 Å². The molecule has 3 nitrogen and oxygen atoms in total. The molecule has 1 aliphatic rings. The van der Waals surface area contributed by atoms with Gasteiger partial charge in [-0.1, -0.05) is 19.9 Å². The van der Waals surface area contributed by atoms with Crippen LogP contribution in [0.15, 0.2) is 18.2 Å². The number of amides is 1. The summed E-state index contributed by atoms with van der Waals surface area (Å²) in [5.74, 6) is 0.609. The number of fused-ring (bicyclic) bond motifs is 1. The highest BCUT2D eigenvalue weighted by molar-refractivity contribution is 5.99. The molecule has 86 valence electrons. The van der Waals surface area contributed by atoms with Crippen LogP contribution in [0.4, 0.5) is 5.69 Å². The van der Waals surface area contributed by atoms with E-state index in [1.54, 1.807) is 0 Å². The molecule has 1 aromatic rings. The Bertz CT molecular complexity index is 412. The molecule has 1 aromatic carbocycles. The Morgan fingerprint density at radius 1 is 1.31 bits per heavy atom. The lowest BCUT2D eigenvalue weighted by Gasteiger charge is -2.19. The van der Waals surface area contributed by atoms with E-state index in [9.17, 15) is 4.79 Å². The van der Waals surface area contributed by atoms with Crippen molar-refractivity contribution in [3.05, 3.63) is 29.3 Å². The standard InChI is InChI=1S/C13H18N2O/c1-8(2)9(3)15-11-5-4-10-7-14-13(16)12(10)6-11/h4-6,8-9,15H,7H2,1-3H3,(H,14,16). The van der Waals surface area contributed by atoms with Gasteiger partial charge in [-0.25, -0.2) is 0 Å². The van der Waals surface area contributed by atoms with Crippen LogP contribution in [-0.2, 0) is 6.54 Å². The van der Waals surface area contributed by atoms with Crippen molar-refractivity contribution in [2.45, 2.75) is 33.4 Å². The van der Waals surface area contributed by atoms with Crippen LogP contribution < -0.4 is 10.6 Å².